The molecule has 1 aromatic carbocycles. The Morgan fingerprint density at radius 3 is 2.63 bits per heavy atom. The first kappa shape index (κ1) is 12.3. The van der Waals surface area contributed by atoms with Crippen molar-refractivity contribution in [3.63, 3.8) is 0 Å². The molecule has 2 fully saturated rings. The Bertz CT molecular complexity index is 453. The van der Waals surface area contributed by atoms with Crippen LogP contribution in [0.2, 0.25) is 0 Å². The van der Waals surface area contributed by atoms with E-state index in [-0.39, 0.29) is 6.03 Å². The van der Waals surface area contributed by atoms with Crippen molar-refractivity contribution in [3.05, 3.63) is 24.3 Å². The molecule has 102 valence electrons. The predicted octanol–water partition coefficient (Wildman–Crippen LogP) is 2.82. The molecule has 2 N–H and O–H groups in total. The van der Waals surface area contributed by atoms with Crippen LogP contribution in [0.3, 0.4) is 0 Å². The van der Waals surface area contributed by atoms with Crippen LogP contribution in [-0.2, 0) is 0 Å². The summed E-state index contributed by atoms with van der Waals surface area (Å²) in [5, 5.41) is 6.42. The third kappa shape index (κ3) is 2.67. The van der Waals surface area contributed by atoms with E-state index >= 15 is 0 Å². The van der Waals surface area contributed by atoms with E-state index in [9.17, 15) is 4.79 Å². The molecule has 1 aromatic rings. The molecule has 19 heavy (non-hydrogen) atoms. The van der Waals surface area contributed by atoms with Gasteiger partial charge in [-0.15, -0.1) is 0 Å². The lowest BCUT2D eigenvalue weighted by molar-refractivity contribution is 0.252. The highest BCUT2D eigenvalue weighted by Gasteiger charge is 2.29. The fourth-order valence-corrected chi connectivity index (χ4v) is 2.72. The molecule has 0 radical (unpaired) electrons. The Kier molecular flexibility index (Phi) is 3.32. The second kappa shape index (κ2) is 5.11. The van der Waals surface area contributed by atoms with Crippen LogP contribution in [0.5, 0.6) is 0 Å². The molecule has 2 aliphatic rings. The van der Waals surface area contributed by atoms with E-state index in [1.807, 2.05) is 12.1 Å². The fourth-order valence-electron chi connectivity index (χ4n) is 2.72. The van der Waals surface area contributed by atoms with Gasteiger partial charge in [0.1, 0.15) is 0 Å². The lowest BCUT2D eigenvalue weighted by Gasteiger charge is -2.19. The van der Waals surface area contributed by atoms with Gasteiger partial charge in [0.05, 0.1) is 0 Å². The molecular weight excluding hydrogens is 238 g/mol. The van der Waals surface area contributed by atoms with Crippen molar-refractivity contribution in [1.82, 2.24) is 5.32 Å². The number of hydrogen-bond donors (Lipinski definition) is 2. The molecule has 1 unspecified atom stereocenters. The van der Waals surface area contributed by atoms with Crippen molar-refractivity contribution >= 4 is 17.4 Å². The Hall–Kier alpha value is -1.71. The van der Waals surface area contributed by atoms with Gasteiger partial charge < -0.3 is 10.6 Å². The molecule has 1 heterocycles. The highest BCUT2D eigenvalue weighted by Crippen LogP contribution is 2.35. The first-order valence-electron chi connectivity index (χ1n) is 7.20. The number of rotatable bonds is 5. The van der Waals surface area contributed by atoms with Gasteiger partial charge in [0.2, 0.25) is 0 Å². The van der Waals surface area contributed by atoms with Crippen LogP contribution in [0.4, 0.5) is 16.2 Å². The van der Waals surface area contributed by atoms with Crippen LogP contribution in [0, 0.1) is 5.92 Å². The van der Waals surface area contributed by atoms with Gasteiger partial charge in [0.15, 0.2) is 0 Å². The molecule has 1 saturated heterocycles. The molecule has 1 aliphatic heterocycles. The second-order valence-corrected chi connectivity index (χ2v) is 5.43. The van der Waals surface area contributed by atoms with Crippen molar-refractivity contribution in [2.24, 2.45) is 5.92 Å². The van der Waals surface area contributed by atoms with Gasteiger partial charge in [0.25, 0.3) is 0 Å². The summed E-state index contributed by atoms with van der Waals surface area (Å²) in [6.45, 7) is 3.72. The number of hydrogen-bond acceptors (Lipinski definition) is 2. The number of urea groups is 1. The fraction of sp³-hybridized carbons (Fsp3) is 0.533. The van der Waals surface area contributed by atoms with E-state index in [0.717, 1.165) is 30.4 Å². The van der Waals surface area contributed by atoms with E-state index in [0.29, 0.717) is 6.04 Å². The van der Waals surface area contributed by atoms with Crippen LogP contribution < -0.4 is 15.5 Å². The van der Waals surface area contributed by atoms with Gasteiger partial charge >= 0.3 is 6.03 Å². The summed E-state index contributed by atoms with van der Waals surface area (Å²) in [5.41, 5.74) is 2.13. The Labute approximate surface area is 114 Å². The first-order chi connectivity index (χ1) is 9.28. The van der Waals surface area contributed by atoms with Gasteiger partial charge in [0, 0.05) is 30.5 Å². The lowest BCUT2D eigenvalue weighted by Crippen LogP contribution is -2.27. The summed E-state index contributed by atoms with van der Waals surface area (Å²) in [6, 6.07) is 8.79. The van der Waals surface area contributed by atoms with Crippen LogP contribution in [-0.4, -0.2) is 25.2 Å². The van der Waals surface area contributed by atoms with Crippen LogP contribution in [0.25, 0.3) is 0 Å². The quantitative estimate of drug-likeness (QED) is 0.854. The SMILES string of the molecule is CCC(Nc1ccc(N2CCNC2=O)cc1)C1CC1. The third-order valence-electron chi connectivity index (χ3n) is 4.02. The van der Waals surface area contributed by atoms with Crippen molar-refractivity contribution in [2.45, 2.75) is 32.2 Å². The lowest BCUT2D eigenvalue weighted by atomic mass is 10.1. The van der Waals surface area contributed by atoms with E-state index in [4.69, 9.17) is 0 Å². The molecule has 0 bridgehead atoms. The van der Waals surface area contributed by atoms with Gasteiger partial charge in [-0.3, -0.25) is 4.90 Å². The molecule has 1 atom stereocenters. The highest BCUT2D eigenvalue weighted by atomic mass is 16.2. The second-order valence-electron chi connectivity index (χ2n) is 5.43. The van der Waals surface area contributed by atoms with E-state index in [2.05, 4.69) is 29.7 Å². The largest absolute Gasteiger partial charge is 0.382 e. The summed E-state index contributed by atoms with van der Waals surface area (Å²) in [7, 11) is 0. The third-order valence-corrected chi connectivity index (χ3v) is 4.02. The number of anilines is 2. The predicted molar refractivity (Wildman–Crippen MR) is 77.6 cm³/mol. The summed E-state index contributed by atoms with van der Waals surface area (Å²) in [6.07, 6.45) is 3.88. The van der Waals surface area contributed by atoms with Gasteiger partial charge in [-0.2, -0.15) is 0 Å². The molecule has 0 spiro atoms. The van der Waals surface area contributed by atoms with Gasteiger partial charge in [-0.05, 0) is 49.4 Å². The minimum absolute atomic E-state index is 0.00474. The van der Waals surface area contributed by atoms with Crippen molar-refractivity contribution in [1.29, 1.82) is 0 Å². The number of nitrogens with one attached hydrogen (secondary N) is 2. The Balaban J connectivity index is 1.66. The molecule has 4 heteroatoms. The molecule has 1 aliphatic carbocycles. The molecule has 1 saturated carbocycles. The zero-order valence-corrected chi connectivity index (χ0v) is 11.4. The number of carbonyl (C=O) groups excluding carboxylic acids is 1. The van der Waals surface area contributed by atoms with Gasteiger partial charge in [-0.1, -0.05) is 6.92 Å². The summed E-state index contributed by atoms with van der Waals surface area (Å²) >= 11 is 0. The zero-order chi connectivity index (χ0) is 13.2. The normalized spacial score (nSPS) is 20.3. The standard InChI is InChI=1S/C15H21N3O/c1-2-14(11-3-4-11)17-12-5-7-13(8-6-12)18-10-9-16-15(18)19/h5-8,11,14,17H,2-4,9-10H2,1H3,(H,16,19). The molecule has 4 nitrogen and oxygen atoms in total. The number of amides is 2. The summed E-state index contributed by atoms with van der Waals surface area (Å²) in [4.78, 5) is 13.4. The van der Waals surface area contributed by atoms with E-state index in [1.165, 1.54) is 19.3 Å². The number of benzene rings is 1. The topological polar surface area (TPSA) is 44.4 Å². The molecule has 3 rings (SSSR count). The highest BCUT2D eigenvalue weighted by molar-refractivity contribution is 5.94. The van der Waals surface area contributed by atoms with Crippen LogP contribution >= 0.6 is 0 Å². The summed E-state index contributed by atoms with van der Waals surface area (Å²) < 4.78 is 0. The number of carbonyl (C=O) groups is 1. The minimum Gasteiger partial charge on any atom is -0.382 e. The Morgan fingerprint density at radius 1 is 1.37 bits per heavy atom. The minimum atomic E-state index is 0.00474. The van der Waals surface area contributed by atoms with Crippen molar-refractivity contribution in [3.8, 4) is 0 Å². The maximum absolute atomic E-state index is 11.6. The summed E-state index contributed by atoms with van der Waals surface area (Å²) in [5.74, 6) is 0.856. The van der Waals surface area contributed by atoms with Crippen LogP contribution in [0.15, 0.2) is 24.3 Å². The van der Waals surface area contributed by atoms with E-state index in [1.54, 1.807) is 4.90 Å². The van der Waals surface area contributed by atoms with Crippen molar-refractivity contribution < 1.29 is 4.79 Å². The zero-order valence-electron chi connectivity index (χ0n) is 11.4. The average molecular weight is 259 g/mol. The maximum atomic E-state index is 11.6. The average Bonchev–Trinajstić information content (AvgIpc) is 3.19. The number of nitrogens with zero attached hydrogens (tertiary/aromatic N) is 1. The monoisotopic (exact) mass is 259 g/mol. The van der Waals surface area contributed by atoms with Crippen molar-refractivity contribution in [2.75, 3.05) is 23.3 Å². The molecular formula is C15H21N3O. The molecule has 2 amide bonds. The molecule has 0 aromatic heterocycles. The van der Waals surface area contributed by atoms with Gasteiger partial charge in [-0.25, -0.2) is 4.79 Å². The van der Waals surface area contributed by atoms with E-state index < -0.39 is 0 Å². The Morgan fingerprint density at radius 2 is 2.11 bits per heavy atom. The van der Waals surface area contributed by atoms with Crippen LogP contribution in [0.1, 0.15) is 26.2 Å². The maximum Gasteiger partial charge on any atom is 0.321 e. The smallest absolute Gasteiger partial charge is 0.321 e. The first-order valence-corrected chi connectivity index (χ1v) is 7.20.